The second-order valence-electron chi connectivity index (χ2n) is 4.78. The van der Waals surface area contributed by atoms with Crippen molar-refractivity contribution in [1.29, 1.82) is 5.26 Å². The first-order valence-corrected chi connectivity index (χ1v) is 6.93. The second-order valence-corrected chi connectivity index (χ2v) is 4.78. The lowest BCUT2D eigenvalue weighted by molar-refractivity contribution is -0.156. The maximum atomic E-state index is 11.8. The molecule has 0 bridgehead atoms. The molecule has 0 aliphatic carbocycles. The van der Waals surface area contributed by atoms with Crippen LogP contribution < -0.4 is 10.1 Å². The molecule has 1 aliphatic rings. The molecular formula is C15H15N3O5. The van der Waals surface area contributed by atoms with Crippen molar-refractivity contribution in [3.05, 3.63) is 29.8 Å². The van der Waals surface area contributed by atoms with Gasteiger partial charge in [0.15, 0.2) is 12.7 Å². The molecule has 0 radical (unpaired) electrons. The predicted molar refractivity (Wildman–Crippen MR) is 77.3 cm³/mol. The van der Waals surface area contributed by atoms with Gasteiger partial charge in [-0.1, -0.05) is 0 Å². The number of nitriles is 1. The minimum Gasteiger partial charge on any atom is -0.479 e. The Hall–Kier alpha value is -3.08. The fraction of sp³-hybridized carbons (Fsp3) is 0.333. The van der Waals surface area contributed by atoms with Gasteiger partial charge in [-0.3, -0.25) is 9.69 Å². The number of ether oxygens (including phenoxy) is 2. The molecule has 0 unspecified atom stereocenters. The third-order valence-electron chi connectivity index (χ3n) is 3.12. The van der Waals surface area contributed by atoms with Crippen LogP contribution in [0.2, 0.25) is 0 Å². The zero-order valence-corrected chi connectivity index (χ0v) is 12.4. The van der Waals surface area contributed by atoms with E-state index >= 15 is 0 Å². The van der Waals surface area contributed by atoms with Crippen molar-refractivity contribution in [2.45, 2.75) is 13.0 Å². The molecule has 0 spiro atoms. The van der Waals surface area contributed by atoms with Gasteiger partial charge in [0, 0.05) is 13.1 Å². The van der Waals surface area contributed by atoms with Crippen LogP contribution >= 0.6 is 0 Å². The van der Waals surface area contributed by atoms with Gasteiger partial charge in [-0.05, 0) is 31.2 Å². The maximum absolute atomic E-state index is 11.8. The number of benzene rings is 1. The number of rotatable bonds is 5. The van der Waals surface area contributed by atoms with Gasteiger partial charge in [-0.25, -0.2) is 9.59 Å². The summed E-state index contributed by atoms with van der Waals surface area (Å²) >= 11 is 0. The molecule has 1 aliphatic heterocycles. The molecule has 1 atom stereocenters. The summed E-state index contributed by atoms with van der Waals surface area (Å²) in [6.07, 6.45) is -0.928. The van der Waals surface area contributed by atoms with E-state index < -0.39 is 30.6 Å². The molecule has 3 amide bonds. The fourth-order valence-corrected chi connectivity index (χ4v) is 1.90. The number of carbonyl (C=O) groups is 3. The summed E-state index contributed by atoms with van der Waals surface area (Å²) in [6, 6.07) is 7.71. The Bertz CT molecular complexity index is 650. The number of carbonyl (C=O) groups excluding carboxylic acids is 3. The van der Waals surface area contributed by atoms with Crippen molar-refractivity contribution >= 4 is 17.9 Å². The topological polar surface area (TPSA) is 109 Å². The van der Waals surface area contributed by atoms with Crippen molar-refractivity contribution in [1.82, 2.24) is 10.2 Å². The molecule has 2 rings (SSSR count). The van der Waals surface area contributed by atoms with E-state index in [9.17, 15) is 14.4 Å². The summed E-state index contributed by atoms with van der Waals surface area (Å²) in [4.78, 5) is 35.8. The highest BCUT2D eigenvalue weighted by atomic mass is 16.6. The van der Waals surface area contributed by atoms with Crippen LogP contribution in [0.1, 0.15) is 12.5 Å². The van der Waals surface area contributed by atoms with Crippen molar-refractivity contribution in [2.75, 3.05) is 19.7 Å². The second kappa shape index (κ2) is 7.26. The van der Waals surface area contributed by atoms with E-state index in [2.05, 4.69) is 5.32 Å². The van der Waals surface area contributed by atoms with Crippen LogP contribution in [0.4, 0.5) is 4.79 Å². The summed E-state index contributed by atoms with van der Waals surface area (Å²) in [5.74, 6) is -0.903. The quantitative estimate of drug-likeness (QED) is 0.788. The number of hydrogen-bond donors (Lipinski definition) is 1. The number of nitrogens with zero attached hydrogens (tertiary/aromatic N) is 2. The number of nitrogens with one attached hydrogen (secondary N) is 1. The van der Waals surface area contributed by atoms with Gasteiger partial charge in [-0.2, -0.15) is 5.26 Å². The van der Waals surface area contributed by atoms with Gasteiger partial charge < -0.3 is 14.8 Å². The number of imide groups is 1. The molecule has 1 saturated heterocycles. The van der Waals surface area contributed by atoms with Crippen molar-refractivity contribution in [3.8, 4) is 11.8 Å². The van der Waals surface area contributed by atoms with Crippen molar-refractivity contribution in [2.24, 2.45) is 0 Å². The minimum atomic E-state index is -0.928. The van der Waals surface area contributed by atoms with Gasteiger partial charge in [0.25, 0.3) is 5.91 Å². The molecule has 120 valence electrons. The Labute approximate surface area is 132 Å². The van der Waals surface area contributed by atoms with Crippen molar-refractivity contribution in [3.63, 3.8) is 0 Å². The summed E-state index contributed by atoms with van der Waals surface area (Å²) in [5, 5.41) is 11.2. The van der Waals surface area contributed by atoms with Crippen LogP contribution in [0, 0.1) is 11.3 Å². The molecule has 0 saturated carbocycles. The molecule has 1 N–H and O–H groups in total. The number of hydrogen-bond acceptors (Lipinski definition) is 6. The summed E-state index contributed by atoms with van der Waals surface area (Å²) in [7, 11) is 0. The van der Waals surface area contributed by atoms with Crippen LogP contribution in [0.5, 0.6) is 5.75 Å². The zero-order valence-electron chi connectivity index (χ0n) is 12.4. The third-order valence-corrected chi connectivity index (χ3v) is 3.12. The average Bonchev–Trinajstić information content (AvgIpc) is 2.99. The Balaban J connectivity index is 1.81. The highest BCUT2D eigenvalue weighted by Crippen LogP contribution is 2.14. The average molecular weight is 317 g/mol. The zero-order chi connectivity index (χ0) is 16.8. The third kappa shape index (κ3) is 4.20. The lowest BCUT2D eigenvalue weighted by atomic mass is 10.2. The Morgan fingerprint density at radius 1 is 1.39 bits per heavy atom. The Kier molecular flexibility index (Phi) is 5.15. The van der Waals surface area contributed by atoms with E-state index in [0.29, 0.717) is 17.9 Å². The van der Waals surface area contributed by atoms with Crippen LogP contribution in [0.25, 0.3) is 0 Å². The number of esters is 1. The van der Waals surface area contributed by atoms with E-state index in [1.54, 1.807) is 24.3 Å². The molecule has 8 heteroatoms. The molecule has 8 nitrogen and oxygen atoms in total. The standard InChI is InChI=1S/C15H15N3O5/c1-10(23-12-4-2-11(8-16)3-5-12)14(20)22-9-13(19)18-7-6-17-15(18)21/h2-5,10H,6-7,9H2,1H3,(H,17,21)/t10-/m1/s1. The number of amides is 3. The largest absolute Gasteiger partial charge is 0.479 e. The first-order chi connectivity index (χ1) is 11.0. The van der Waals surface area contributed by atoms with E-state index in [0.717, 1.165) is 4.90 Å². The Morgan fingerprint density at radius 2 is 2.09 bits per heavy atom. The smallest absolute Gasteiger partial charge is 0.347 e. The molecular weight excluding hydrogens is 302 g/mol. The summed E-state index contributed by atoms with van der Waals surface area (Å²) in [6.45, 7) is 1.60. The van der Waals surface area contributed by atoms with E-state index in [-0.39, 0.29) is 6.54 Å². The molecule has 0 aromatic heterocycles. The molecule has 23 heavy (non-hydrogen) atoms. The van der Waals surface area contributed by atoms with E-state index in [1.807, 2.05) is 6.07 Å². The van der Waals surface area contributed by atoms with Gasteiger partial charge >= 0.3 is 12.0 Å². The lowest BCUT2D eigenvalue weighted by Crippen LogP contribution is -2.38. The first-order valence-electron chi connectivity index (χ1n) is 6.93. The van der Waals surface area contributed by atoms with Gasteiger partial charge in [0.2, 0.25) is 0 Å². The van der Waals surface area contributed by atoms with Gasteiger partial charge in [-0.15, -0.1) is 0 Å². The first kappa shape index (κ1) is 16.3. The predicted octanol–water partition coefficient (Wildman–Crippen LogP) is 0.421. The van der Waals surface area contributed by atoms with Crippen molar-refractivity contribution < 1.29 is 23.9 Å². The van der Waals surface area contributed by atoms with Gasteiger partial charge in [0.1, 0.15) is 5.75 Å². The lowest BCUT2D eigenvalue weighted by Gasteiger charge is -2.15. The number of urea groups is 1. The van der Waals surface area contributed by atoms with E-state index in [1.165, 1.54) is 6.92 Å². The molecule has 1 aromatic rings. The van der Waals surface area contributed by atoms with Crippen LogP contribution in [0.15, 0.2) is 24.3 Å². The Morgan fingerprint density at radius 3 is 2.65 bits per heavy atom. The fourth-order valence-electron chi connectivity index (χ4n) is 1.90. The molecule has 1 aromatic carbocycles. The summed E-state index contributed by atoms with van der Waals surface area (Å²) in [5.41, 5.74) is 0.474. The minimum absolute atomic E-state index is 0.256. The SMILES string of the molecule is C[C@@H](Oc1ccc(C#N)cc1)C(=O)OCC(=O)N1CCNC1=O. The van der Waals surface area contributed by atoms with Crippen LogP contribution in [0.3, 0.4) is 0 Å². The molecule has 1 heterocycles. The maximum Gasteiger partial charge on any atom is 0.347 e. The summed E-state index contributed by atoms with van der Waals surface area (Å²) < 4.78 is 10.2. The normalized spacial score (nSPS) is 14.6. The van der Waals surface area contributed by atoms with E-state index in [4.69, 9.17) is 14.7 Å². The van der Waals surface area contributed by atoms with Gasteiger partial charge in [0.05, 0.1) is 11.6 Å². The monoisotopic (exact) mass is 317 g/mol. The van der Waals surface area contributed by atoms with Crippen LogP contribution in [-0.2, 0) is 14.3 Å². The highest BCUT2D eigenvalue weighted by molar-refractivity contribution is 5.97. The highest BCUT2D eigenvalue weighted by Gasteiger charge is 2.27. The van der Waals surface area contributed by atoms with Crippen LogP contribution in [-0.4, -0.2) is 48.6 Å². The molecule has 1 fully saturated rings.